The number of hydrogen-bond acceptors (Lipinski definition) is 2. The SMILES string of the molecule is CN(C)C1(c2ccccc2)CCC(NCc2ccccc2)CC1.Cl.Cl. The molecule has 1 fully saturated rings. The van der Waals surface area contributed by atoms with Gasteiger partial charge in [-0.2, -0.15) is 0 Å². The molecule has 0 saturated heterocycles. The zero-order valence-electron chi connectivity index (χ0n) is 15.2. The van der Waals surface area contributed by atoms with Crippen LogP contribution in [0.4, 0.5) is 0 Å². The van der Waals surface area contributed by atoms with Crippen LogP contribution < -0.4 is 5.32 Å². The fraction of sp³-hybridized carbons (Fsp3) is 0.429. The number of halogens is 2. The van der Waals surface area contributed by atoms with Crippen molar-refractivity contribution in [2.45, 2.75) is 43.8 Å². The van der Waals surface area contributed by atoms with Crippen molar-refractivity contribution >= 4 is 24.8 Å². The average Bonchev–Trinajstić information content (AvgIpc) is 2.62. The van der Waals surface area contributed by atoms with Gasteiger partial charge < -0.3 is 5.32 Å². The Kier molecular flexibility index (Phi) is 8.95. The second kappa shape index (κ2) is 10.2. The van der Waals surface area contributed by atoms with Gasteiger partial charge in [0.05, 0.1) is 0 Å². The summed E-state index contributed by atoms with van der Waals surface area (Å²) in [7, 11) is 4.45. The van der Waals surface area contributed by atoms with Gasteiger partial charge in [-0.1, -0.05) is 60.7 Å². The highest BCUT2D eigenvalue weighted by Crippen LogP contribution is 2.41. The van der Waals surface area contributed by atoms with Gasteiger partial charge in [0.15, 0.2) is 0 Å². The zero-order valence-corrected chi connectivity index (χ0v) is 16.8. The van der Waals surface area contributed by atoms with Crippen LogP contribution in [0.15, 0.2) is 60.7 Å². The van der Waals surface area contributed by atoms with E-state index in [0.29, 0.717) is 6.04 Å². The van der Waals surface area contributed by atoms with E-state index >= 15 is 0 Å². The molecule has 4 heteroatoms. The van der Waals surface area contributed by atoms with E-state index in [1.165, 1.54) is 36.8 Å². The molecule has 2 aromatic rings. The van der Waals surface area contributed by atoms with Gasteiger partial charge in [0.2, 0.25) is 0 Å². The van der Waals surface area contributed by atoms with Crippen molar-refractivity contribution in [3.63, 3.8) is 0 Å². The lowest BCUT2D eigenvalue weighted by Gasteiger charge is -2.45. The fourth-order valence-electron chi connectivity index (χ4n) is 3.90. The molecule has 3 rings (SSSR count). The summed E-state index contributed by atoms with van der Waals surface area (Å²) in [6.07, 6.45) is 4.91. The van der Waals surface area contributed by atoms with Crippen molar-refractivity contribution in [1.82, 2.24) is 10.2 Å². The summed E-state index contributed by atoms with van der Waals surface area (Å²) in [6.45, 7) is 0.978. The quantitative estimate of drug-likeness (QED) is 0.782. The molecule has 0 heterocycles. The van der Waals surface area contributed by atoms with Crippen LogP contribution in [0.5, 0.6) is 0 Å². The minimum Gasteiger partial charge on any atom is -0.310 e. The summed E-state index contributed by atoms with van der Waals surface area (Å²) in [4.78, 5) is 2.43. The topological polar surface area (TPSA) is 15.3 Å². The molecule has 1 N–H and O–H groups in total. The molecule has 0 aliphatic heterocycles. The molecule has 0 radical (unpaired) electrons. The van der Waals surface area contributed by atoms with Crippen LogP contribution in [0.2, 0.25) is 0 Å². The molecule has 2 nitrogen and oxygen atoms in total. The van der Waals surface area contributed by atoms with Crippen molar-refractivity contribution in [2.75, 3.05) is 14.1 Å². The summed E-state index contributed by atoms with van der Waals surface area (Å²) in [5.74, 6) is 0. The van der Waals surface area contributed by atoms with E-state index in [-0.39, 0.29) is 30.4 Å². The van der Waals surface area contributed by atoms with Gasteiger partial charge in [-0.15, -0.1) is 24.8 Å². The fourth-order valence-corrected chi connectivity index (χ4v) is 3.90. The highest BCUT2D eigenvalue weighted by molar-refractivity contribution is 5.85. The van der Waals surface area contributed by atoms with Crippen molar-refractivity contribution in [1.29, 1.82) is 0 Å². The summed E-state index contributed by atoms with van der Waals surface area (Å²) >= 11 is 0. The predicted molar refractivity (Wildman–Crippen MR) is 112 cm³/mol. The van der Waals surface area contributed by atoms with Gasteiger partial charge >= 0.3 is 0 Å². The number of rotatable bonds is 5. The van der Waals surface area contributed by atoms with Crippen LogP contribution in [0.25, 0.3) is 0 Å². The second-order valence-corrected chi connectivity index (χ2v) is 6.93. The Balaban J connectivity index is 0.00000156. The predicted octanol–water partition coefficient (Wildman–Crippen LogP) is 5.02. The highest BCUT2D eigenvalue weighted by Gasteiger charge is 2.38. The standard InChI is InChI=1S/C21H28N2.2ClH/c1-23(2)21(19-11-7-4-8-12-19)15-13-20(14-16-21)22-17-18-9-5-3-6-10-18;;/h3-12,20,22H,13-17H2,1-2H3;2*1H. The number of benzene rings is 2. The Morgan fingerprint density at radius 3 is 1.92 bits per heavy atom. The minimum atomic E-state index is 0. The van der Waals surface area contributed by atoms with E-state index in [9.17, 15) is 0 Å². The summed E-state index contributed by atoms with van der Waals surface area (Å²) in [5.41, 5.74) is 3.04. The molecular formula is C21H30Cl2N2. The third kappa shape index (κ3) is 5.21. The maximum absolute atomic E-state index is 3.75. The first-order chi connectivity index (χ1) is 11.2. The van der Waals surface area contributed by atoms with Crippen molar-refractivity contribution < 1.29 is 0 Å². The molecular weight excluding hydrogens is 351 g/mol. The Morgan fingerprint density at radius 2 is 1.40 bits per heavy atom. The van der Waals surface area contributed by atoms with E-state index < -0.39 is 0 Å². The zero-order chi connectivity index (χ0) is 16.1. The highest BCUT2D eigenvalue weighted by atomic mass is 35.5. The second-order valence-electron chi connectivity index (χ2n) is 6.93. The van der Waals surface area contributed by atoms with Crippen LogP contribution in [0.3, 0.4) is 0 Å². The molecule has 1 saturated carbocycles. The van der Waals surface area contributed by atoms with Crippen molar-refractivity contribution in [2.24, 2.45) is 0 Å². The lowest BCUT2D eigenvalue weighted by atomic mass is 9.74. The third-order valence-corrected chi connectivity index (χ3v) is 5.42. The van der Waals surface area contributed by atoms with Gasteiger partial charge in [-0.3, -0.25) is 4.90 Å². The van der Waals surface area contributed by atoms with Gasteiger partial charge in [-0.25, -0.2) is 0 Å². The number of nitrogens with zero attached hydrogens (tertiary/aromatic N) is 1. The van der Waals surface area contributed by atoms with Crippen LogP contribution >= 0.6 is 24.8 Å². The summed E-state index contributed by atoms with van der Waals surface area (Å²) in [5, 5.41) is 3.75. The molecule has 0 amide bonds. The lowest BCUT2D eigenvalue weighted by Crippen LogP contribution is -2.47. The Hall–Kier alpha value is -1.06. The third-order valence-electron chi connectivity index (χ3n) is 5.42. The lowest BCUT2D eigenvalue weighted by molar-refractivity contribution is 0.0853. The van der Waals surface area contributed by atoms with Crippen molar-refractivity contribution in [3.8, 4) is 0 Å². The molecule has 1 aliphatic carbocycles. The van der Waals surface area contributed by atoms with E-state index in [4.69, 9.17) is 0 Å². The van der Waals surface area contributed by atoms with E-state index in [2.05, 4.69) is 85.0 Å². The Bertz CT molecular complexity index is 594. The average molecular weight is 381 g/mol. The van der Waals surface area contributed by atoms with Crippen molar-refractivity contribution in [3.05, 3.63) is 71.8 Å². The van der Waals surface area contributed by atoms with Crippen LogP contribution in [-0.2, 0) is 12.1 Å². The normalized spacial score (nSPS) is 22.8. The molecule has 2 aromatic carbocycles. The van der Waals surface area contributed by atoms with Crippen LogP contribution in [0.1, 0.15) is 36.8 Å². The molecule has 138 valence electrons. The summed E-state index contributed by atoms with van der Waals surface area (Å²) in [6, 6.07) is 22.4. The molecule has 0 atom stereocenters. The van der Waals surface area contributed by atoms with Crippen LogP contribution in [0, 0.1) is 0 Å². The van der Waals surface area contributed by atoms with Gasteiger partial charge in [-0.05, 0) is 50.9 Å². The van der Waals surface area contributed by atoms with Crippen LogP contribution in [-0.4, -0.2) is 25.0 Å². The summed E-state index contributed by atoms with van der Waals surface area (Å²) < 4.78 is 0. The molecule has 0 bridgehead atoms. The first-order valence-electron chi connectivity index (χ1n) is 8.71. The van der Waals surface area contributed by atoms with Gasteiger partial charge in [0.1, 0.15) is 0 Å². The van der Waals surface area contributed by atoms with E-state index in [0.717, 1.165) is 6.54 Å². The maximum Gasteiger partial charge on any atom is 0.0455 e. The minimum absolute atomic E-state index is 0. The molecule has 25 heavy (non-hydrogen) atoms. The van der Waals surface area contributed by atoms with Gasteiger partial charge in [0, 0.05) is 18.1 Å². The Labute approximate surface area is 164 Å². The number of nitrogens with one attached hydrogen (secondary N) is 1. The molecule has 0 spiro atoms. The first kappa shape index (κ1) is 22.0. The molecule has 1 aliphatic rings. The molecule has 0 aromatic heterocycles. The number of hydrogen-bond donors (Lipinski definition) is 1. The smallest absolute Gasteiger partial charge is 0.0455 e. The first-order valence-corrected chi connectivity index (χ1v) is 8.71. The van der Waals surface area contributed by atoms with Gasteiger partial charge in [0.25, 0.3) is 0 Å². The maximum atomic E-state index is 3.75. The molecule has 0 unspecified atom stereocenters. The monoisotopic (exact) mass is 380 g/mol. The largest absolute Gasteiger partial charge is 0.310 e. The van der Waals surface area contributed by atoms with E-state index in [1.54, 1.807) is 0 Å². The Morgan fingerprint density at radius 1 is 0.880 bits per heavy atom. The van der Waals surface area contributed by atoms with E-state index in [1.807, 2.05) is 0 Å².